The Morgan fingerprint density at radius 3 is 2.89 bits per heavy atom. The summed E-state index contributed by atoms with van der Waals surface area (Å²) in [6.45, 7) is 0. The molecule has 0 bridgehead atoms. The van der Waals surface area contributed by atoms with Crippen LogP contribution in [0.3, 0.4) is 0 Å². The Balaban J connectivity index is 2.02. The highest BCUT2D eigenvalue weighted by atomic mass is 35.5. The van der Waals surface area contributed by atoms with E-state index in [1.54, 1.807) is 18.0 Å². The Bertz CT molecular complexity index is 581. The minimum absolute atomic E-state index is 0.0121. The van der Waals surface area contributed by atoms with Crippen molar-refractivity contribution in [2.75, 3.05) is 11.1 Å². The monoisotopic (exact) mass is 279 g/mol. The summed E-state index contributed by atoms with van der Waals surface area (Å²) in [5, 5.41) is 10.4. The van der Waals surface area contributed by atoms with Crippen LogP contribution in [0.4, 0.5) is 5.82 Å². The smallest absolute Gasteiger partial charge is 0.235 e. The molecule has 1 atom stereocenters. The van der Waals surface area contributed by atoms with Gasteiger partial charge in [-0.25, -0.2) is 0 Å². The van der Waals surface area contributed by atoms with Crippen LogP contribution in [0.2, 0.25) is 5.02 Å². The van der Waals surface area contributed by atoms with E-state index in [-0.39, 0.29) is 11.2 Å². The van der Waals surface area contributed by atoms with Crippen molar-refractivity contribution in [3.8, 4) is 0 Å². The number of carbonyl (C=O) groups is 1. The largest absolute Gasteiger partial charge is 0.310 e. The van der Waals surface area contributed by atoms with Crippen molar-refractivity contribution in [3.63, 3.8) is 0 Å². The van der Waals surface area contributed by atoms with E-state index in [0.717, 1.165) is 11.1 Å². The van der Waals surface area contributed by atoms with Gasteiger partial charge in [0.2, 0.25) is 5.91 Å². The summed E-state index contributed by atoms with van der Waals surface area (Å²) in [6, 6.07) is 7.67. The molecule has 0 saturated heterocycles. The second kappa shape index (κ2) is 4.66. The molecule has 92 valence electrons. The number of hydrogen-bond donors (Lipinski definition) is 2. The van der Waals surface area contributed by atoms with Crippen molar-refractivity contribution >= 4 is 35.1 Å². The topological polar surface area (TPSA) is 57.8 Å². The number of aromatic nitrogens is 2. The van der Waals surface area contributed by atoms with Gasteiger partial charge >= 0.3 is 0 Å². The maximum Gasteiger partial charge on any atom is 0.235 e. The van der Waals surface area contributed by atoms with Crippen molar-refractivity contribution < 1.29 is 4.79 Å². The lowest BCUT2D eigenvalue weighted by atomic mass is 10.1. The standard InChI is InChI=1S/C12H10ClN3OS/c13-8-3-1-7(2-4-8)11-9-5-14-16-12(9)15-10(17)6-18-11/h1-5,11H,6H2,(H2,14,15,16,17)/t11-/m1/s1. The first-order chi connectivity index (χ1) is 8.74. The van der Waals surface area contributed by atoms with E-state index >= 15 is 0 Å². The molecular formula is C12H10ClN3OS. The summed E-state index contributed by atoms with van der Waals surface area (Å²) in [7, 11) is 0. The third-order valence-corrected chi connectivity index (χ3v) is 4.31. The lowest BCUT2D eigenvalue weighted by Gasteiger charge is -2.13. The number of nitrogens with zero attached hydrogens (tertiary/aromatic N) is 1. The van der Waals surface area contributed by atoms with Crippen LogP contribution in [0, 0.1) is 0 Å². The van der Waals surface area contributed by atoms with Crippen LogP contribution in [0.25, 0.3) is 0 Å². The highest BCUT2D eigenvalue weighted by Crippen LogP contribution is 2.40. The molecule has 2 N–H and O–H groups in total. The first kappa shape index (κ1) is 11.6. The molecule has 1 aromatic carbocycles. The van der Waals surface area contributed by atoms with Gasteiger partial charge in [-0.15, -0.1) is 11.8 Å². The predicted molar refractivity (Wildman–Crippen MR) is 73.0 cm³/mol. The van der Waals surface area contributed by atoms with Crippen LogP contribution < -0.4 is 5.32 Å². The first-order valence-electron chi connectivity index (χ1n) is 5.44. The summed E-state index contributed by atoms with van der Waals surface area (Å²) >= 11 is 7.48. The van der Waals surface area contributed by atoms with Crippen LogP contribution in [0.5, 0.6) is 0 Å². The molecule has 0 radical (unpaired) electrons. The molecule has 0 spiro atoms. The van der Waals surface area contributed by atoms with Gasteiger partial charge in [-0.05, 0) is 17.7 Å². The zero-order valence-corrected chi connectivity index (χ0v) is 10.9. The average Bonchev–Trinajstić information content (AvgIpc) is 2.74. The normalized spacial score (nSPS) is 18.9. The molecule has 0 aliphatic carbocycles. The molecule has 3 rings (SSSR count). The van der Waals surface area contributed by atoms with E-state index in [1.807, 2.05) is 24.3 Å². The Labute approximate surface area is 113 Å². The number of benzene rings is 1. The first-order valence-corrected chi connectivity index (χ1v) is 6.87. The molecule has 2 heterocycles. The molecule has 1 aliphatic heterocycles. The Hall–Kier alpha value is -1.46. The fraction of sp³-hybridized carbons (Fsp3) is 0.167. The third-order valence-electron chi connectivity index (χ3n) is 2.77. The fourth-order valence-electron chi connectivity index (χ4n) is 1.93. The number of aromatic amines is 1. The van der Waals surface area contributed by atoms with Gasteiger partial charge in [0.15, 0.2) is 0 Å². The van der Waals surface area contributed by atoms with Crippen LogP contribution >= 0.6 is 23.4 Å². The second-order valence-corrected chi connectivity index (χ2v) is 5.52. The number of amides is 1. The molecule has 1 amide bonds. The third kappa shape index (κ3) is 2.11. The van der Waals surface area contributed by atoms with Crippen molar-refractivity contribution in [2.24, 2.45) is 0 Å². The summed E-state index contributed by atoms with van der Waals surface area (Å²) < 4.78 is 0. The van der Waals surface area contributed by atoms with Gasteiger partial charge in [0.25, 0.3) is 0 Å². The minimum atomic E-state index is -0.0121. The summed E-state index contributed by atoms with van der Waals surface area (Å²) in [5.41, 5.74) is 2.11. The molecule has 2 aromatic rings. The van der Waals surface area contributed by atoms with Crippen molar-refractivity contribution in [2.45, 2.75) is 5.25 Å². The van der Waals surface area contributed by atoms with Gasteiger partial charge < -0.3 is 5.32 Å². The second-order valence-electron chi connectivity index (χ2n) is 3.99. The van der Waals surface area contributed by atoms with E-state index in [2.05, 4.69) is 15.5 Å². The van der Waals surface area contributed by atoms with Crippen molar-refractivity contribution in [1.82, 2.24) is 10.2 Å². The zero-order valence-electron chi connectivity index (χ0n) is 9.31. The highest BCUT2D eigenvalue weighted by molar-refractivity contribution is 8.00. The van der Waals surface area contributed by atoms with Gasteiger partial charge in [0, 0.05) is 10.6 Å². The molecular weight excluding hydrogens is 270 g/mol. The molecule has 4 nitrogen and oxygen atoms in total. The molecule has 1 aliphatic rings. The number of H-pyrrole nitrogens is 1. The number of hydrogen-bond acceptors (Lipinski definition) is 3. The van der Waals surface area contributed by atoms with E-state index in [1.165, 1.54) is 0 Å². The number of rotatable bonds is 1. The van der Waals surface area contributed by atoms with E-state index in [4.69, 9.17) is 11.6 Å². The lowest BCUT2D eigenvalue weighted by Crippen LogP contribution is -2.12. The number of halogens is 1. The van der Waals surface area contributed by atoms with Gasteiger partial charge in [-0.3, -0.25) is 9.89 Å². The summed E-state index contributed by atoms with van der Waals surface area (Å²) in [5.74, 6) is 1.10. The molecule has 6 heteroatoms. The van der Waals surface area contributed by atoms with Gasteiger partial charge in [0.1, 0.15) is 5.82 Å². The highest BCUT2D eigenvalue weighted by Gasteiger charge is 2.25. The van der Waals surface area contributed by atoms with Crippen LogP contribution in [0.1, 0.15) is 16.4 Å². The molecule has 0 unspecified atom stereocenters. The minimum Gasteiger partial charge on any atom is -0.310 e. The number of nitrogens with one attached hydrogen (secondary N) is 2. The maximum absolute atomic E-state index is 11.6. The Morgan fingerprint density at radius 1 is 1.33 bits per heavy atom. The van der Waals surface area contributed by atoms with Crippen molar-refractivity contribution in [3.05, 3.63) is 46.6 Å². The molecule has 0 fully saturated rings. The van der Waals surface area contributed by atoms with Crippen LogP contribution in [-0.2, 0) is 4.79 Å². The Morgan fingerprint density at radius 2 is 2.11 bits per heavy atom. The van der Waals surface area contributed by atoms with E-state index in [0.29, 0.717) is 16.6 Å². The maximum atomic E-state index is 11.6. The summed E-state index contributed by atoms with van der Waals surface area (Å²) in [4.78, 5) is 11.6. The van der Waals surface area contributed by atoms with Crippen LogP contribution in [0.15, 0.2) is 30.5 Å². The number of anilines is 1. The van der Waals surface area contributed by atoms with Gasteiger partial charge in [-0.1, -0.05) is 23.7 Å². The van der Waals surface area contributed by atoms with Crippen LogP contribution in [-0.4, -0.2) is 21.9 Å². The average molecular weight is 280 g/mol. The van der Waals surface area contributed by atoms with Gasteiger partial charge in [0.05, 0.1) is 17.2 Å². The Kier molecular flexibility index (Phi) is 3.01. The number of carbonyl (C=O) groups excluding carboxylic acids is 1. The molecule has 18 heavy (non-hydrogen) atoms. The SMILES string of the molecule is O=C1CS[C@H](c2ccc(Cl)cc2)c2cn[nH]c2N1. The van der Waals surface area contributed by atoms with Crippen molar-refractivity contribution in [1.29, 1.82) is 0 Å². The van der Waals surface area contributed by atoms with Gasteiger partial charge in [-0.2, -0.15) is 5.10 Å². The molecule has 0 saturated carbocycles. The number of fused-ring (bicyclic) bond motifs is 1. The predicted octanol–water partition coefficient (Wildman–Crippen LogP) is 2.84. The summed E-state index contributed by atoms with van der Waals surface area (Å²) in [6.07, 6.45) is 1.76. The zero-order chi connectivity index (χ0) is 12.5. The number of thioether (sulfide) groups is 1. The fourth-order valence-corrected chi connectivity index (χ4v) is 3.16. The lowest BCUT2D eigenvalue weighted by molar-refractivity contribution is -0.113. The van der Waals surface area contributed by atoms with E-state index in [9.17, 15) is 4.79 Å². The van der Waals surface area contributed by atoms with E-state index < -0.39 is 0 Å². The quantitative estimate of drug-likeness (QED) is 0.844. The molecule has 1 aromatic heterocycles.